The summed E-state index contributed by atoms with van der Waals surface area (Å²) in [6, 6.07) is 12.6. The van der Waals surface area contributed by atoms with Crippen LogP contribution in [0.15, 0.2) is 47.1 Å². The predicted molar refractivity (Wildman–Crippen MR) is 87.2 cm³/mol. The molecule has 0 aliphatic carbocycles. The highest BCUT2D eigenvalue weighted by molar-refractivity contribution is 9.10. The lowest BCUT2D eigenvalue weighted by Crippen LogP contribution is -2.19. The maximum atomic E-state index is 4.40. The molecule has 0 radical (unpaired) electrons. The van der Waals surface area contributed by atoms with Gasteiger partial charge in [-0.25, -0.2) is 0 Å². The molecule has 20 heavy (non-hydrogen) atoms. The van der Waals surface area contributed by atoms with Crippen molar-refractivity contribution in [2.24, 2.45) is 0 Å². The summed E-state index contributed by atoms with van der Waals surface area (Å²) in [5.74, 6) is 0. The quantitative estimate of drug-likeness (QED) is 0.915. The van der Waals surface area contributed by atoms with E-state index in [9.17, 15) is 0 Å². The molecule has 104 valence electrons. The van der Waals surface area contributed by atoms with Gasteiger partial charge in [-0.1, -0.05) is 12.1 Å². The van der Waals surface area contributed by atoms with Crippen LogP contribution in [-0.2, 0) is 6.54 Å². The van der Waals surface area contributed by atoms with Crippen molar-refractivity contribution < 1.29 is 0 Å². The Bertz CT molecular complexity index is 562. The average Bonchev–Trinajstić information content (AvgIpc) is 3.01. The van der Waals surface area contributed by atoms with Gasteiger partial charge in [-0.2, -0.15) is 0 Å². The minimum Gasteiger partial charge on any atom is -0.378 e. The van der Waals surface area contributed by atoms with Crippen molar-refractivity contribution in [3.8, 4) is 0 Å². The van der Waals surface area contributed by atoms with Crippen LogP contribution in [0, 0.1) is 0 Å². The number of pyridine rings is 1. The summed E-state index contributed by atoms with van der Waals surface area (Å²) in [5, 5.41) is 3.51. The molecular weight excluding hydrogens is 314 g/mol. The fourth-order valence-electron chi connectivity index (χ4n) is 2.55. The first-order valence-corrected chi connectivity index (χ1v) is 7.80. The van der Waals surface area contributed by atoms with Crippen molar-refractivity contribution in [3.05, 3.63) is 52.8 Å². The molecule has 1 N–H and O–H groups in total. The minimum atomic E-state index is 0.748. The number of nitrogens with one attached hydrogen (secondary N) is 1. The maximum Gasteiger partial charge on any atom is 0.0602 e. The smallest absolute Gasteiger partial charge is 0.0602 e. The molecule has 1 aromatic heterocycles. The van der Waals surface area contributed by atoms with Gasteiger partial charge in [0, 0.05) is 23.8 Å². The van der Waals surface area contributed by atoms with Crippen molar-refractivity contribution in [2.45, 2.75) is 19.4 Å². The van der Waals surface area contributed by atoms with Crippen molar-refractivity contribution in [1.82, 2.24) is 4.98 Å². The second kappa shape index (κ2) is 6.27. The third kappa shape index (κ3) is 3.12. The summed E-state index contributed by atoms with van der Waals surface area (Å²) in [6.07, 6.45) is 4.43. The molecule has 2 aromatic rings. The molecule has 1 aromatic carbocycles. The number of halogens is 1. The van der Waals surface area contributed by atoms with E-state index in [0.29, 0.717) is 0 Å². The molecule has 1 aliphatic heterocycles. The van der Waals surface area contributed by atoms with Gasteiger partial charge in [0.2, 0.25) is 0 Å². The van der Waals surface area contributed by atoms with E-state index in [4.69, 9.17) is 0 Å². The van der Waals surface area contributed by atoms with Gasteiger partial charge in [-0.15, -0.1) is 0 Å². The van der Waals surface area contributed by atoms with E-state index >= 15 is 0 Å². The maximum absolute atomic E-state index is 4.40. The van der Waals surface area contributed by atoms with Crippen LogP contribution in [0.1, 0.15) is 18.5 Å². The Balaban J connectivity index is 1.72. The largest absolute Gasteiger partial charge is 0.378 e. The Hall–Kier alpha value is -1.55. The van der Waals surface area contributed by atoms with Gasteiger partial charge in [0.25, 0.3) is 0 Å². The Morgan fingerprint density at radius 1 is 1.10 bits per heavy atom. The number of benzene rings is 1. The van der Waals surface area contributed by atoms with Crippen LogP contribution in [0.4, 0.5) is 11.4 Å². The first kappa shape index (κ1) is 13.4. The summed E-state index contributed by atoms with van der Waals surface area (Å²) in [7, 11) is 0. The molecule has 1 aliphatic rings. The number of aromatic nitrogens is 1. The highest BCUT2D eigenvalue weighted by atomic mass is 79.9. The molecule has 1 fully saturated rings. The van der Waals surface area contributed by atoms with Crippen molar-refractivity contribution in [2.75, 3.05) is 23.3 Å². The summed E-state index contributed by atoms with van der Waals surface area (Å²) in [5.41, 5.74) is 3.55. The van der Waals surface area contributed by atoms with Crippen LogP contribution >= 0.6 is 15.9 Å². The lowest BCUT2D eigenvalue weighted by Gasteiger charge is -2.21. The molecule has 3 rings (SSSR count). The zero-order valence-electron chi connectivity index (χ0n) is 11.3. The highest BCUT2D eigenvalue weighted by Gasteiger charge is 2.15. The molecule has 4 heteroatoms. The van der Waals surface area contributed by atoms with Gasteiger partial charge in [-0.3, -0.25) is 4.98 Å². The van der Waals surface area contributed by atoms with E-state index < -0.39 is 0 Å². The van der Waals surface area contributed by atoms with Gasteiger partial charge >= 0.3 is 0 Å². The normalized spacial score (nSPS) is 14.6. The van der Waals surface area contributed by atoms with Crippen LogP contribution in [0.3, 0.4) is 0 Å². The molecule has 0 atom stereocenters. The summed E-state index contributed by atoms with van der Waals surface area (Å²) < 4.78 is 1.01. The molecule has 0 unspecified atom stereocenters. The zero-order chi connectivity index (χ0) is 13.8. The van der Waals surface area contributed by atoms with Crippen LogP contribution in [0.25, 0.3) is 0 Å². The SMILES string of the molecule is Brc1ccc(CNc2ccccc2N2CCCC2)nc1. The number of nitrogens with zero attached hydrogens (tertiary/aromatic N) is 2. The Morgan fingerprint density at radius 3 is 2.65 bits per heavy atom. The number of anilines is 2. The van der Waals surface area contributed by atoms with Crippen LogP contribution in [0.2, 0.25) is 0 Å². The van der Waals surface area contributed by atoms with Crippen molar-refractivity contribution in [1.29, 1.82) is 0 Å². The lowest BCUT2D eigenvalue weighted by atomic mass is 10.2. The monoisotopic (exact) mass is 331 g/mol. The average molecular weight is 332 g/mol. The second-order valence-corrected chi connectivity index (χ2v) is 5.95. The van der Waals surface area contributed by atoms with Crippen molar-refractivity contribution in [3.63, 3.8) is 0 Å². The predicted octanol–water partition coefficient (Wildman–Crippen LogP) is 4.06. The first-order valence-electron chi connectivity index (χ1n) is 7.01. The van der Waals surface area contributed by atoms with Gasteiger partial charge in [0.05, 0.1) is 23.6 Å². The molecule has 3 nitrogen and oxygen atoms in total. The Labute approximate surface area is 128 Å². The topological polar surface area (TPSA) is 28.2 Å². The van der Waals surface area contributed by atoms with Gasteiger partial charge in [0.15, 0.2) is 0 Å². The third-order valence-corrected chi connectivity index (χ3v) is 4.07. The standard InChI is InChI=1S/C16H18BrN3/c17-13-7-8-14(18-11-13)12-19-15-5-1-2-6-16(15)20-9-3-4-10-20/h1-2,5-8,11,19H,3-4,9-10,12H2. The zero-order valence-corrected chi connectivity index (χ0v) is 12.9. The fourth-order valence-corrected chi connectivity index (χ4v) is 2.79. The molecule has 0 amide bonds. The summed E-state index contributed by atoms with van der Waals surface area (Å²) in [4.78, 5) is 6.85. The number of hydrogen-bond acceptors (Lipinski definition) is 3. The van der Waals surface area contributed by atoms with Gasteiger partial charge in [-0.05, 0) is 53.0 Å². The van der Waals surface area contributed by atoms with E-state index in [2.05, 4.69) is 55.4 Å². The number of para-hydroxylation sites is 2. The van der Waals surface area contributed by atoms with E-state index in [0.717, 1.165) is 29.8 Å². The molecule has 0 bridgehead atoms. The molecule has 1 saturated heterocycles. The first-order chi connectivity index (χ1) is 9.83. The molecule has 2 heterocycles. The Morgan fingerprint density at radius 2 is 1.90 bits per heavy atom. The molecular formula is C16H18BrN3. The van der Waals surface area contributed by atoms with E-state index in [1.165, 1.54) is 24.2 Å². The summed E-state index contributed by atoms with van der Waals surface area (Å²) in [6.45, 7) is 3.07. The van der Waals surface area contributed by atoms with Gasteiger partial charge in [0.1, 0.15) is 0 Å². The van der Waals surface area contributed by atoms with Crippen LogP contribution in [0.5, 0.6) is 0 Å². The molecule has 0 spiro atoms. The Kier molecular flexibility index (Phi) is 4.21. The minimum absolute atomic E-state index is 0.748. The summed E-state index contributed by atoms with van der Waals surface area (Å²) >= 11 is 3.41. The van der Waals surface area contributed by atoms with E-state index in [1.807, 2.05) is 18.3 Å². The van der Waals surface area contributed by atoms with Crippen LogP contribution in [-0.4, -0.2) is 18.1 Å². The number of hydrogen-bond donors (Lipinski definition) is 1. The fraction of sp³-hybridized carbons (Fsp3) is 0.312. The molecule has 0 saturated carbocycles. The van der Waals surface area contributed by atoms with E-state index in [1.54, 1.807) is 0 Å². The van der Waals surface area contributed by atoms with Crippen molar-refractivity contribution >= 4 is 27.3 Å². The van der Waals surface area contributed by atoms with Crippen LogP contribution < -0.4 is 10.2 Å². The second-order valence-electron chi connectivity index (χ2n) is 5.03. The number of rotatable bonds is 4. The highest BCUT2D eigenvalue weighted by Crippen LogP contribution is 2.28. The van der Waals surface area contributed by atoms with Gasteiger partial charge < -0.3 is 10.2 Å². The lowest BCUT2D eigenvalue weighted by molar-refractivity contribution is 0.949. The third-order valence-electron chi connectivity index (χ3n) is 3.60. The van der Waals surface area contributed by atoms with E-state index in [-0.39, 0.29) is 0 Å².